The number of pyridine rings is 1. The van der Waals surface area contributed by atoms with E-state index in [9.17, 15) is 23.2 Å². The third-order valence-electron chi connectivity index (χ3n) is 4.19. The lowest BCUT2D eigenvalue weighted by atomic mass is 10.1. The number of hydrogen-bond acceptors (Lipinski definition) is 7. The van der Waals surface area contributed by atoms with E-state index in [2.05, 4.69) is 10.3 Å². The summed E-state index contributed by atoms with van der Waals surface area (Å²) in [6.45, 7) is 1.45. The van der Waals surface area contributed by atoms with Crippen molar-refractivity contribution in [3.8, 4) is 11.8 Å². The van der Waals surface area contributed by atoms with Gasteiger partial charge in [-0.1, -0.05) is 30.0 Å². The minimum atomic E-state index is -4.61. The van der Waals surface area contributed by atoms with E-state index >= 15 is 0 Å². The summed E-state index contributed by atoms with van der Waals surface area (Å²) >= 11 is 7.13. The second-order valence-corrected chi connectivity index (χ2v) is 9.01. The Labute approximate surface area is 190 Å². The standard InChI is InChI=1S/C20H14F3N3O2S3/c1-10-5-16(20(21,22)23)25-18(13(10)8-24)30-9-12-6-11(3-4-14(12)28-2)7-15-17(27)26-19(29)31-15/h3-7H,9H2,1-2H3,(H,26,27,29)/b15-7-. The van der Waals surface area contributed by atoms with Crippen molar-refractivity contribution in [1.82, 2.24) is 10.3 Å². The number of hydrogen-bond donors (Lipinski definition) is 1. The average molecular weight is 482 g/mol. The first-order valence-electron chi connectivity index (χ1n) is 8.66. The summed E-state index contributed by atoms with van der Waals surface area (Å²) < 4.78 is 45.2. The van der Waals surface area contributed by atoms with E-state index < -0.39 is 11.9 Å². The van der Waals surface area contributed by atoms with Gasteiger partial charge >= 0.3 is 6.18 Å². The van der Waals surface area contributed by atoms with Crippen LogP contribution in [0.5, 0.6) is 5.75 Å². The van der Waals surface area contributed by atoms with Gasteiger partial charge in [-0.25, -0.2) is 4.98 Å². The van der Waals surface area contributed by atoms with Crippen LogP contribution >= 0.6 is 35.7 Å². The maximum Gasteiger partial charge on any atom is 0.433 e. The molecule has 1 saturated heterocycles. The summed E-state index contributed by atoms with van der Waals surface area (Å²) in [7, 11) is 1.48. The lowest BCUT2D eigenvalue weighted by molar-refractivity contribution is -0.141. The van der Waals surface area contributed by atoms with Gasteiger partial charge in [0.25, 0.3) is 5.91 Å². The zero-order chi connectivity index (χ0) is 22.8. The van der Waals surface area contributed by atoms with Gasteiger partial charge in [0, 0.05) is 11.3 Å². The second kappa shape index (κ2) is 9.30. The molecular weight excluding hydrogens is 467 g/mol. The minimum Gasteiger partial charge on any atom is -0.496 e. The number of carbonyl (C=O) groups excluding carboxylic acids is 1. The fourth-order valence-corrected chi connectivity index (χ4v) is 4.82. The molecule has 5 nitrogen and oxygen atoms in total. The fourth-order valence-electron chi connectivity index (χ4n) is 2.75. The predicted octanol–water partition coefficient (Wildman–Crippen LogP) is 5.07. The number of nitrogens with zero attached hydrogens (tertiary/aromatic N) is 2. The van der Waals surface area contributed by atoms with E-state index in [0.717, 1.165) is 29.6 Å². The molecule has 0 spiro atoms. The molecule has 1 aliphatic rings. The Morgan fingerprint density at radius 1 is 1.39 bits per heavy atom. The highest BCUT2D eigenvalue weighted by Crippen LogP contribution is 2.35. The highest BCUT2D eigenvalue weighted by Gasteiger charge is 2.34. The Bertz CT molecular complexity index is 1140. The number of rotatable bonds is 5. The monoisotopic (exact) mass is 481 g/mol. The smallest absolute Gasteiger partial charge is 0.433 e. The van der Waals surface area contributed by atoms with E-state index in [0.29, 0.717) is 26.1 Å². The number of thiocarbonyl (C=S) groups is 1. The van der Waals surface area contributed by atoms with Crippen LogP contribution in [0.25, 0.3) is 6.08 Å². The van der Waals surface area contributed by atoms with E-state index in [1.165, 1.54) is 14.0 Å². The molecule has 31 heavy (non-hydrogen) atoms. The van der Waals surface area contributed by atoms with Crippen LogP contribution in [0.2, 0.25) is 0 Å². The number of nitrogens with one attached hydrogen (secondary N) is 1. The van der Waals surface area contributed by atoms with Crippen LogP contribution in [0.4, 0.5) is 13.2 Å². The molecule has 1 fully saturated rings. The quantitative estimate of drug-likeness (QED) is 0.363. The molecule has 3 rings (SSSR count). The first-order chi connectivity index (χ1) is 14.6. The van der Waals surface area contributed by atoms with Gasteiger partial charge in [-0.05, 0) is 42.3 Å². The maximum absolute atomic E-state index is 13.1. The number of benzene rings is 1. The molecular formula is C20H14F3N3O2S3. The second-order valence-electron chi connectivity index (χ2n) is 6.33. The van der Waals surface area contributed by atoms with Crippen molar-refractivity contribution in [2.24, 2.45) is 0 Å². The molecule has 11 heteroatoms. The Morgan fingerprint density at radius 2 is 2.13 bits per heavy atom. The molecule has 1 N–H and O–H groups in total. The molecule has 0 saturated carbocycles. The number of nitriles is 1. The highest BCUT2D eigenvalue weighted by atomic mass is 32.2. The highest BCUT2D eigenvalue weighted by molar-refractivity contribution is 8.26. The van der Waals surface area contributed by atoms with Crippen molar-refractivity contribution in [1.29, 1.82) is 5.26 Å². The van der Waals surface area contributed by atoms with Crippen LogP contribution in [-0.4, -0.2) is 22.3 Å². The maximum atomic E-state index is 13.1. The number of aryl methyl sites for hydroxylation is 1. The summed E-state index contributed by atoms with van der Waals surface area (Å²) in [6, 6.07) is 8.01. The summed E-state index contributed by atoms with van der Waals surface area (Å²) in [4.78, 5) is 16.0. The number of carbonyl (C=O) groups is 1. The Balaban J connectivity index is 1.92. The van der Waals surface area contributed by atoms with Gasteiger partial charge in [0.2, 0.25) is 0 Å². The number of thioether (sulfide) groups is 2. The number of ether oxygens (including phenoxy) is 1. The van der Waals surface area contributed by atoms with Gasteiger partial charge in [-0.2, -0.15) is 18.4 Å². The van der Waals surface area contributed by atoms with Gasteiger partial charge in [0.05, 0.1) is 17.6 Å². The lowest BCUT2D eigenvalue weighted by Gasteiger charge is -2.13. The molecule has 1 amide bonds. The van der Waals surface area contributed by atoms with E-state index in [1.54, 1.807) is 24.3 Å². The molecule has 160 valence electrons. The summed E-state index contributed by atoms with van der Waals surface area (Å²) in [5.41, 5.74) is 0.638. The summed E-state index contributed by atoms with van der Waals surface area (Å²) in [5, 5.41) is 11.9. The van der Waals surface area contributed by atoms with E-state index in [-0.39, 0.29) is 27.8 Å². The van der Waals surface area contributed by atoms with Gasteiger partial charge in [0.1, 0.15) is 26.9 Å². The minimum absolute atomic E-state index is 0.00305. The number of alkyl halides is 3. The van der Waals surface area contributed by atoms with Crippen molar-refractivity contribution in [3.05, 3.63) is 57.1 Å². The average Bonchev–Trinajstić information content (AvgIpc) is 3.02. The first kappa shape index (κ1) is 23.1. The third-order valence-corrected chi connectivity index (χ3v) is 6.38. The van der Waals surface area contributed by atoms with Crippen LogP contribution in [0.15, 0.2) is 34.2 Å². The van der Waals surface area contributed by atoms with E-state index in [4.69, 9.17) is 17.0 Å². The predicted molar refractivity (Wildman–Crippen MR) is 118 cm³/mol. The SMILES string of the molecule is COc1ccc(/C=C2\SC(=S)NC2=O)cc1CSc1nc(C(F)(F)F)cc(C)c1C#N. The Kier molecular flexibility index (Phi) is 6.93. The Hall–Kier alpha value is -2.55. The molecule has 1 aromatic heterocycles. The molecule has 1 aliphatic heterocycles. The van der Waals surface area contributed by atoms with Crippen LogP contribution in [-0.2, 0) is 16.7 Å². The van der Waals surface area contributed by atoms with Gasteiger partial charge in [-0.3, -0.25) is 4.79 Å². The van der Waals surface area contributed by atoms with Crippen LogP contribution < -0.4 is 10.1 Å². The molecule has 0 unspecified atom stereocenters. The van der Waals surface area contributed by atoms with Crippen LogP contribution in [0.1, 0.15) is 27.9 Å². The number of amides is 1. The van der Waals surface area contributed by atoms with E-state index in [1.807, 2.05) is 6.07 Å². The normalized spacial score (nSPS) is 15.2. The zero-order valence-electron chi connectivity index (χ0n) is 16.2. The lowest BCUT2D eigenvalue weighted by Crippen LogP contribution is -2.17. The fraction of sp³-hybridized carbons (Fsp3) is 0.200. The third kappa shape index (κ3) is 5.39. The Morgan fingerprint density at radius 3 is 2.71 bits per heavy atom. The molecule has 0 aliphatic carbocycles. The van der Waals surface area contributed by atoms with Crippen LogP contribution in [0.3, 0.4) is 0 Å². The molecule has 2 heterocycles. The van der Waals surface area contributed by atoms with Crippen molar-refractivity contribution in [2.75, 3.05) is 7.11 Å². The number of aromatic nitrogens is 1. The molecule has 0 radical (unpaired) electrons. The van der Waals surface area contributed by atoms with Crippen molar-refractivity contribution >= 4 is 52.0 Å². The summed E-state index contributed by atoms with van der Waals surface area (Å²) in [5.74, 6) is 0.445. The molecule has 1 aromatic carbocycles. The largest absolute Gasteiger partial charge is 0.496 e. The summed E-state index contributed by atoms with van der Waals surface area (Å²) in [6.07, 6.45) is -2.95. The first-order valence-corrected chi connectivity index (χ1v) is 10.9. The number of methoxy groups -OCH3 is 1. The zero-order valence-corrected chi connectivity index (χ0v) is 18.6. The van der Waals surface area contributed by atoms with Crippen molar-refractivity contribution < 1.29 is 22.7 Å². The van der Waals surface area contributed by atoms with Crippen molar-refractivity contribution in [2.45, 2.75) is 23.9 Å². The van der Waals surface area contributed by atoms with Gasteiger partial charge in [-0.15, -0.1) is 11.8 Å². The van der Waals surface area contributed by atoms with Crippen LogP contribution in [0, 0.1) is 18.3 Å². The van der Waals surface area contributed by atoms with Crippen molar-refractivity contribution in [3.63, 3.8) is 0 Å². The van der Waals surface area contributed by atoms with Gasteiger partial charge < -0.3 is 10.1 Å². The molecule has 0 bridgehead atoms. The topological polar surface area (TPSA) is 75.0 Å². The van der Waals surface area contributed by atoms with Gasteiger partial charge in [0.15, 0.2) is 0 Å². The number of halogens is 3. The molecule has 2 aromatic rings. The molecule has 0 atom stereocenters.